The van der Waals surface area contributed by atoms with Crippen LogP contribution in [0, 0.1) is 0 Å². The van der Waals surface area contributed by atoms with Crippen LogP contribution in [0.5, 0.6) is 5.75 Å². The molecular formula is C19H21ClN2O4S. The molecule has 0 saturated carbocycles. The van der Waals surface area contributed by atoms with E-state index < -0.39 is 10.0 Å². The lowest BCUT2D eigenvalue weighted by molar-refractivity contribution is 0.102. The SMILES string of the molecule is CCN(CC)S(=O)(=O)c1cc(NC(=O)c2ccc3c(c2)CCO3)ccc1Cl. The molecular weight excluding hydrogens is 388 g/mol. The Balaban J connectivity index is 1.87. The Labute approximate surface area is 164 Å². The summed E-state index contributed by atoms with van der Waals surface area (Å²) in [5.41, 5.74) is 1.85. The molecule has 2 aromatic carbocycles. The number of hydrogen-bond acceptors (Lipinski definition) is 4. The number of carbonyl (C=O) groups excluding carboxylic acids is 1. The average molecular weight is 409 g/mol. The molecule has 1 N–H and O–H groups in total. The molecule has 0 saturated heterocycles. The van der Waals surface area contributed by atoms with E-state index in [-0.39, 0.29) is 15.8 Å². The fourth-order valence-electron chi connectivity index (χ4n) is 3.01. The Bertz CT molecular complexity index is 972. The Morgan fingerprint density at radius 2 is 1.93 bits per heavy atom. The zero-order valence-corrected chi connectivity index (χ0v) is 16.7. The molecule has 2 aromatic rings. The van der Waals surface area contributed by atoms with Crippen molar-refractivity contribution in [1.82, 2.24) is 4.31 Å². The van der Waals surface area contributed by atoms with Crippen LogP contribution in [0.3, 0.4) is 0 Å². The zero-order chi connectivity index (χ0) is 19.6. The Kier molecular flexibility index (Phi) is 5.74. The summed E-state index contributed by atoms with van der Waals surface area (Å²) >= 11 is 6.12. The molecule has 144 valence electrons. The van der Waals surface area contributed by atoms with Crippen LogP contribution in [0.25, 0.3) is 0 Å². The smallest absolute Gasteiger partial charge is 0.255 e. The number of benzene rings is 2. The topological polar surface area (TPSA) is 75.7 Å². The highest BCUT2D eigenvalue weighted by Crippen LogP contribution is 2.29. The van der Waals surface area contributed by atoms with Crippen LogP contribution in [-0.4, -0.2) is 38.3 Å². The van der Waals surface area contributed by atoms with Crippen LogP contribution < -0.4 is 10.1 Å². The maximum atomic E-state index is 12.8. The molecule has 1 aliphatic rings. The van der Waals surface area contributed by atoms with Crippen LogP contribution in [0.2, 0.25) is 5.02 Å². The highest BCUT2D eigenvalue weighted by molar-refractivity contribution is 7.89. The van der Waals surface area contributed by atoms with Crippen molar-refractivity contribution in [1.29, 1.82) is 0 Å². The molecule has 0 aliphatic carbocycles. The van der Waals surface area contributed by atoms with Gasteiger partial charge in [0.2, 0.25) is 10.0 Å². The number of anilines is 1. The van der Waals surface area contributed by atoms with Gasteiger partial charge in [-0.05, 0) is 42.0 Å². The van der Waals surface area contributed by atoms with Gasteiger partial charge >= 0.3 is 0 Å². The molecule has 3 rings (SSSR count). The molecule has 0 spiro atoms. The maximum Gasteiger partial charge on any atom is 0.255 e. The summed E-state index contributed by atoms with van der Waals surface area (Å²) in [6.07, 6.45) is 0.768. The van der Waals surface area contributed by atoms with Gasteiger partial charge in [-0.2, -0.15) is 4.31 Å². The van der Waals surface area contributed by atoms with Gasteiger partial charge in [-0.15, -0.1) is 0 Å². The van der Waals surface area contributed by atoms with E-state index in [9.17, 15) is 13.2 Å². The number of carbonyl (C=O) groups is 1. The third-order valence-electron chi connectivity index (χ3n) is 4.46. The van der Waals surface area contributed by atoms with E-state index in [0.717, 1.165) is 17.7 Å². The van der Waals surface area contributed by atoms with Crippen molar-refractivity contribution in [2.24, 2.45) is 0 Å². The van der Waals surface area contributed by atoms with E-state index >= 15 is 0 Å². The number of hydrogen-bond donors (Lipinski definition) is 1. The summed E-state index contributed by atoms with van der Waals surface area (Å²) in [5.74, 6) is 0.476. The minimum Gasteiger partial charge on any atom is -0.493 e. The third kappa shape index (κ3) is 3.95. The van der Waals surface area contributed by atoms with Crippen molar-refractivity contribution < 1.29 is 17.9 Å². The molecule has 0 fully saturated rings. The standard InChI is InChI=1S/C19H21ClN2O4S/c1-3-22(4-2)27(24,25)18-12-15(6-7-16(18)20)21-19(23)14-5-8-17-13(11-14)9-10-26-17/h5-8,11-12H,3-4,9-10H2,1-2H3,(H,21,23). The van der Waals surface area contributed by atoms with Gasteiger partial charge in [-0.25, -0.2) is 8.42 Å². The van der Waals surface area contributed by atoms with Crippen molar-refractivity contribution in [3.63, 3.8) is 0 Å². The highest BCUT2D eigenvalue weighted by atomic mass is 35.5. The molecule has 1 amide bonds. The van der Waals surface area contributed by atoms with Crippen LogP contribution in [0.15, 0.2) is 41.3 Å². The second-order valence-corrected chi connectivity index (χ2v) is 8.42. The number of halogens is 1. The van der Waals surface area contributed by atoms with Gasteiger partial charge in [0.15, 0.2) is 0 Å². The van der Waals surface area contributed by atoms with Gasteiger partial charge in [0, 0.05) is 30.8 Å². The van der Waals surface area contributed by atoms with Gasteiger partial charge in [-0.3, -0.25) is 4.79 Å². The number of ether oxygens (including phenoxy) is 1. The van der Waals surface area contributed by atoms with Gasteiger partial charge in [0.1, 0.15) is 10.6 Å². The number of amides is 1. The van der Waals surface area contributed by atoms with Crippen LogP contribution in [0.4, 0.5) is 5.69 Å². The summed E-state index contributed by atoms with van der Waals surface area (Å²) in [6.45, 7) is 4.81. The fraction of sp³-hybridized carbons (Fsp3) is 0.316. The van der Waals surface area contributed by atoms with Crippen LogP contribution in [-0.2, 0) is 16.4 Å². The van der Waals surface area contributed by atoms with E-state index in [1.165, 1.54) is 16.4 Å². The first-order chi connectivity index (χ1) is 12.9. The minimum atomic E-state index is -3.73. The first-order valence-electron chi connectivity index (χ1n) is 8.73. The number of nitrogens with one attached hydrogen (secondary N) is 1. The van der Waals surface area contributed by atoms with Crippen molar-refractivity contribution in [2.75, 3.05) is 25.0 Å². The monoisotopic (exact) mass is 408 g/mol. The number of rotatable bonds is 6. The Hall–Kier alpha value is -2.09. The van der Waals surface area contributed by atoms with E-state index in [1.54, 1.807) is 38.1 Å². The van der Waals surface area contributed by atoms with Gasteiger partial charge in [0.05, 0.1) is 11.6 Å². The lowest BCUT2D eigenvalue weighted by Crippen LogP contribution is -2.30. The van der Waals surface area contributed by atoms with Crippen molar-refractivity contribution in [3.8, 4) is 5.75 Å². The summed E-state index contributed by atoms with van der Waals surface area (Å²) in [4.78, 5) is 12.5. The second kappa shape index (κ2) is 7.88. The molecule has 0 radical (unpaired) electrons. The molecule has 1 aliphatic heterocycles. The normalized spacial score (nSPS) is 13.3. The predicted octanol–water partition coefficient (Wildman–Crippen LogP) is 3.56. The van der Waals surface area contributed by atoms with E-state index in [0.29, 0.717) is 30.9 Å². The van der Waals surface area contributed by atoms with Gasteiger partial charge in [-0.1, -0.05) is 25.4 Å². The van der Waals surface area contributed by atoms with E-state index in [2.05, 4.69) is 5.32 Å². The van der Waals surface area contributed by atoms with E-state index in [4.69, 9.17) is 16.3 Å². The number of fused-ring (bicyclic) bond motifs is 1. The van der Waals surface area contributed by atoms with Crippen molar-refractivity contribution in [2.45, 2.75) is 25.2 Å². The molecule has 0 aromatic heterocycles. The lowest BCUT2D eigenvalue weighted by atomic mass is 10.1. The molecule has 0 unspecified atom stereocenters. The second-order valence-electron chi connectivity index (χ2n) is 6.11. The highest BCUT2D eigenvalue weighted by Gasteiger charge is 2.25. The van der Waals surface area contributed by atoms with Crippen molar-refractivity contribution in [3.05, 3.63) is 52.5 Å². The quantitative estimate of drug-likeness (QED) is 0.792. The summed E-state index contributed by atoms with van der Waals surface area (Å²) in [6, 6.07) is 9.70. The fourth-order valence-corrected chi connectivity index (χ4v) is 4.97. The molecule has 0 atom stereocenters. The summed E-state index contributed by atoms with van der Waals surface area (Å²) in [7, 11) is -3.73. The zero-order valence-electron chi connectivity index (χ0n) is 15.2. The van der Waals surface area contributed by atoms with Crippen molar-refractivity contribution >= 4 is 33.2 Å². The molecule has 1 heterocycles. The molecule has 6 nitrogen and oxygen atoms in total. The van der Waals surface area contributed by atoms with Crippen LogP contribution in [0.1, 0.15) is 29.8 Å². The molecule has 0 bridgehead atoms. The molecule has 27 heavy (non-hydrogen) atoms. The average Bonchev–Trinajstić information content (AvgIpc) is 3.11. The lowest BCUT2D eigenvalue weighted by Gasteiger charge is -2.19. The Morgan fingerprint density at radius 1 is 1.19 bits per heavy atom. The predicted molar refractivity (Wildman–Crippen MR) is 105 cm³/mol. The first-order valence-corrected chi connectivity index (χ1v) is 10.6. The number of nitrogens with zero attached hydrogens (tertiary/aromatic N) is 1. The van der Waals surface area contributed by atoms with Gasteiger partial charge in [0.25, 0.3) is 5.91 Å². The van der Waals surface area contributed by atoms with Crippen LogP contribution >= 0.6 is 11.6 Å². The third-order valence-corrected chi connectivity index (χ3v) is 7.00. The first kappa shape index (κ1) is 19.7. The molecule has 8 heteroatoms. The Morgan fingerprint density at radius 3 is 2.63 bits per heavy atom. The summed E-state index contributed by atoms with van der Waals surface area (Å²) in [5, 5.41) is 2.86. The largest absolute Gasteiger partial charge is 0.493 e. The minimum absolute atomic E-state index is 0.0204. The van der Waals surface area contributed by atoms with Gasteiger partial charge < -0.3 is 10.1 Å². The summed E-state index contributed by atoms with van der Waals surface area (Å²) < 4.78 is 32.3. The van der Waals surface area contributed by atoms with E-state index in [1.807, 2.05) is 0 Å². The number of sulfonamides is 1. The maximum absolute atomic E-state index is 12.8.